The number of nitrogens with two attached hydrogens (primary N) is 1. The number of hydrogen-bond acceptors (Lipinski definition) is 1. The lowest BCUT2D eigenvalue weighted by atomic mass is 10.3. The molecule has 0 bridgehead atoms. The summed E-state index contributed by atoms with van der Waals surface area (Å²) in [4.78, 5) is 4.14. The minimum atomic E-state index is 0.182. The summed E-state index contributed by atoms with van der Waals surface area (Å²) in [5, 5.41) is 3.63. The molecule has 0 saturated carbocycles. The second-order valence-electron chi connectivity index (χ2n) is 3.24. The van der Waals surface area contributed by atoms with Gasteiger partial charge in [0.1, 0.15) is 0 Å². The molecule has 0 heterocycles. The second kappa shape index (κ2) is 4.86. The van der Waals surface area contributed by atoms with Gasteiger partial charge in [-0.1, -0.05) is 17.7 Å². The summed E-state index contributed by atoms with van der Waals surface area (Å²) in [5.41, 5.74) is 6.50. The molecule has 0 aromatic heterocycles. The van der Waals surface area contributed by atoms with Gasteiger partial charge in [0.2, 0.25) is 0 Å². The topological polar surface area (TPSA) is 50.4 Å². The van der Waals surface area contributed by atoms with Crippen LogP contribution in [0.1, 0.15) is 13.8 Å². The van der Waals surface area contributed by atoms with E-state index in [2.05, 4.69) is 10.3 Å². The average Bonchev–Trinajstić information content (AvgIpc) is 2.01. The van der Waals surface area contributed by atoms with Crippen molar-refractivity contribution in [1.29, 1.82) is 0 Å². The maximum atomic E-state index is 5.81. The largest absolute Gasteiger partial charge is 0.370 e. The number of hydrogen-bond donors (Lipinski definition) is 2. The van der Waals surface area contributed by atoms with Crippen molar-refractivity contribution in [2.45, 2.75) is 19.9 Å². The van der Waals surface area contributed by atoms with Crippen LogP contribution in [0.2, 0.25) is 5.02 Å². The Morgan fingerprint density at radius 2 is 2.21 bits per heavy atom. The van der Waals surface area contributed by atoms with E-state index in [9.17, 15) is 0 Å². The van der Waals surface area contributed by atoms with Crippen LogP contribution in [-0.2, 0) is 0 Å². The van der Waals surface area contributed by atoms with Gasteiger partial charge in [0, 0.05) is 16.8 Å². The third-order valence-corrected chi connectivity index (χ3v) is 1.73. The fraction of sp³-hybridized carbons (Fsp3) is 0.300. The first-order valence-corrected chi connectivity index (χ1v) is 4.81. The lowest BCUT2D eigenvalue weighted by molar-refractivity contribution is 0.833. The lowest BCUT2D eigenvalue weighted by Gasteiger charge is -2.06. The smallest absolute Gasteiger partial charge is 0.193 e. The molecule has 4 heteroatoms. The Morgan fingerprint density at radius 3 is 2.79 bits per heavy atom. The number of guanidine groups is 1. The summed E-state index contributed by atoms with van der Waals surface area (Å²) in [6.45, 7) is 3.93. The van der Waals surface area contributed by atoms with Crippen molar-refractivity contribution >= 4 is 23.2 Å². The van der Waals surface area contributed by atoms with E-state index >= 15 is 0 Å². The minimum absolute atomic E-state index is 0.182. The SMILES string of the molecule is CC(C)N=C(N)Nc1cccc(Cl)c1. The van der Waals surface area contributed by atoms with E-state index in [0.717, 1.165) is 5.69 Å². The van der Waals surface area contributed by atoms with Crippen LogP contribution in [0.3, 0.4) is 0 Å². The highest BCUT2D eigenvalue weighted by atomic mass is 35.5. The summed E-state index contributed by atoms with van der Waals surface area (Å²) in [7, 11) is 0. The van der Waals surface area contributed by atoms with Gasteiger partial charge in [-0.05, 0) is 32.0 Å². The van der Waals surface area contributed by atoms with Gasteiger partial charge >= 0.3 is 0 Å². The van der Waals surface area contributed by atoms with Crippen LogP contribution in [-0.4, -0.2) is 12.0 Å². The quantitative estimate of drug-likeness (QED) is 0.583. The lowest BCUT2D eigenvalue weighted by Crippen LogP contribution is -2.23. The molecule has 3 nitrogen and oxygen atoms in total. The molecule has 0 aliphatic rings. The molecule has 0 aliphatic heterocycles. The molecular formula is C10H14ClN3. The van der Waals surface area contributed by atoms with Crippen molar-refractivity contribution < 1.29 is 0 Å². The summed E-state index contributed by atoms with van der Waals surface area (Å²) in [6, 6.07) is 7.52. The molecule has 0 amide bonds. The van der Waals surface area contributed by atoms with Gasteiger partial charge in [-0.15, -0.1) is 0 Å². The third-order valence-electron chi connectivity index (χ3n) is 1.49. The fourth-order valence-corrected chi connectivity index (χ4v) is 1.21. The monoisotopic (exact) mass is 211 g/mol. The summed E-state index contributed by atoms with van der Waals surface area (Å²) < 4.78 is 0. The van der Waals surface area contributed by atoms with Crippen molar-refractivity contribution in [3.8, 4) is 0 Å². The molecule has 0 aliphatic carbocycles. The van der Waals surface area contributed by atoms with Crippen molar-refractivity contribution in [2.75, 3.05) is 5.32 Å². The maximum absolute atomic E-state index is 5.81. The van der Waals surface area contributed by atoms with E-state index in [1.54, 1.807) is 6.07 Å². The molecule has 1 rings (SSSR count). The Labute approximate surface area is 89.0 Å². The van der Waals surface area contributed by atoms with Gasteiger partial charge in [0.05, 0.1) is 0 Å². The summed E-state index contributed by atoms with van der Waals surface area (Å²) in [6.07, 6.45) is 0. The first-order valence-electron chi connectivity index (χ1n) is 4.44. The van der Waals surface area contributed by atoms with Gasteiger partial charge in [0.25, 0.3) is 0 Å². The van der Waals surface area contributed by atoms with Crippen LogP contribution in [0.25, 0.3) is 0 Å². The maximum Gasteiger partial charge on any atom is 0.193 e. The zero-order valence-corrected chi connectivity index (χ0v) is 9.05. The molecule has 3 N–H and O–H groups in total. The number of rotatable bonds is 2. The van der Waals surface area contributed by atoms with E-state index < -0.39 is 0 Å². The molecule has 0 saturated heterocycles. The van der Waals surface area contributed by atoms with Gasteiger partial charge in [-0.25, -0.2) is 0 Å². The van der Waals surface area contributed by atoms with E-state index in [0.29, 0.717) is 11.0 Å². The van der Waals surface area contributed by atoms with Crippen molar-refractivity contribution in [3.63, 3.8) is 0 Å². The van der Waals surface area contributed by atoms with Crippen molar-refractivity contribution in [1.82, 2.24) is 0 Å². The van der Waals surface area contributed by atoms with E-state index in [1.807, 2.05) is 32.0 Å². The van der Waals surface area contributed by atoms with Gasteiger partial charge in [-0.3, -0.25) is 4.99 Å². The van der Waals surface area contributed by atoms with Crippen molar-refractivity contribution in [3.05, 3.63) is 29.3 Å². The fourth-order valence-electron chi connectivity index (χ4n) is 1.02. The average molecular weight is 212 g/mol. The normalized spacial score (nSPS) is 11.9. The van der Waals surface area contributed by atoms with Crippen molar-refractivity contribution in [2.24, 2.45) is 10.7 Å². The Hall–Kier alpha value is -1.22. The number of nitrogens with zero attached hydrogens (tertiary/aromatic N) is 1. The van der Waals surface area contributed by atoms with Gasteiger partial charge in [-0.2, -0.15) is 0 Å². The van der Waals surface area contributed by atoms with Crippen LogP contribution in [0.15, 0.2) is 29.3 Å². The van der Waals surface area contributed by atoms with Gasteiger partial charge < -0.3 is 11.1 Å². The molecule has 1 aromatic rings. The Morgan fingerprint density at radius 1 is 1.50 bits per heavy atom. The summed E-state index contributed by atoms with van der Waals surface area (Å²) >= 11 is 5.81. The van der Waals surface area contributed by atoms with E-state index in [1.165, 1.54) is 0 Å². The number of aliphatic imine (C=N–C) groups is 1. The molecular weight excluding hydrogens is 198 g/mol. The second-order valence-corrected chi connectivity index (χ2v) is 3.68. The number of halogens is 1. The molecule has 0 spiro atoms. The predicted molar refractivity (Wildman–Crippen MR) is 61.8 cm³/mol. The Kier molecular flexibility index (Phi) is 3.77. The Balaban J connectivity index is 2.69. The van der Waals surface area contributed by atoms with Crippen LogP contribution >= 0.6 is 11.6 Å². The minimum Gasteiger partial charge on any atom is -0.370 e. The van der Waals surface area contributed by atoms with Crippen LogP contribution in [0, 0.1) is 0 Å². The zero-order valence-electron chi connectivity index (χ0n) is 8.29. The van der Waals surface area contributed by atoms with Gasteiger partial charge in [0.15, 0.2) is 5.96 Å². The van der Waals surface area contributed by atoms with Crippen LogP contribution in [0.4, 0.5) is 5.69 Å². The highest BCUT2D eigenvalue weighted by molar-refractivity contribution is 6.30. The summed E-state index contributed by atoms with van der Waals surface area (Å²) in [5.74, 6) is 0.405. The molecule has 0 unspecified atom stereocenters. The first kappa shape index (κ1) is 10.9. The highest BCUT2D eigenvalue weighted by Gasteiger charge is 1.96. The molecule has 0 atom stereocenters. The van der Waals surface area contributed by atoms with E-state index in [-0.39, 0.29) is 6.04 Å². The molecule has 76 valence electrons. The third kappa shape index (κ3) is 3.66. The molecule has 0 fully saturated rings. The number of anilines is 1. The number of benzene rings is 1. The standard InChI is InChI=1S/C10H14ClN3/c1-7(2)13-10(12)14-9-5-3-4-8(11)6-9/h3-7H,1-2H3,(H3,12,13,14). The van der Waals surface area contributed by atoms with E-state index in [4.69, 9.17) is 17.3 Å². The van der Waals surface area contributed by atoms with Crippen LogP contribution < -0.4 is 11.1 Å². The molecule has 0 radical (unpaired) electrons. The van der Waals surface area contributed by atoms with Crippen LogP contribution in [0.5, 0.6) is 0 Å². The Bertz CT molecular complexity index is 334. The number of nitrogens with one attached hydrogen (secondary N) is 1. The first-order chi connectivity index (χ1) is 6.58. The highest BCUT2D eigenvalue weighted by Crippen LogP contribution is 2.14. The zero-order chi connectivity index (χ0) is 10.6. The molecule has 14 heavy (non-hydrogen) atoms. The molecule has 1 aromatic carbocycles. The predicted octanol–water partition coefficient (Wildman–Crippen LogP) is 2.48.